The number of para-hydroxylation sites is 1. The van der Waals surface area contributed by atoms with Crippen LogP contribution in [0.15, 0.2) is 54.0 Å². The highest BCUT2D eigenvalue weighted by atomic mass is 32.1. The third kappa shape index (κ3) is 3.49. The zero-order valence-electron chi connectivity index (χ0n) is 12.5. The molecule has 1 amide bonds. The number of benzene rings is 1. The summed E-state index contributed by atoms with van der Waals surface area (Å²) in [7, 11) is 0. The average molecular weight is 327 g/mol. The first kappa shape index (κ1) is 15.5. The predicted octanol–water partition coefficient (Wildman–Crippen LogP) is 2.71. The van der Waals surface area contributed by atoms with Crippen molar-refractivity contribution in [3.63, 3.8) is 0 Å². The molecule has 0 bridgehead atoms. The van der Waals surface area contributed by atoms with Crippen molar-refractivity contribution in [1.82, 2.24) is 15.1 Å². The van der Waals surface area contributed by atoms with Gasteiger partial charge in [0.2, 0.25) is 0 Å². The summed E-state index contributed by atoms with van der Waals surface area (Å²) in [5.41, 5.74) is 2.11. The molecule has 3 rings (SSSR count). The molecule has 0 atom stereocenters. The predicted molar refractivity (Wildman–Crippen MR) is 90.9 cm³/mol. The van der Waals surface area contributed by atoms with Gasteiger partial charge >= 0.3 is 0 Å². The van der Waals surface area contributed by atoms with E-state index in [1.54, 1.807) is 22.2 Å². The third-order valence-corrected chi connectivity index (χ3v) is 4.23. The van der Waals surface area contributed by atoms with Crippen LogP contribution in [-0.4, -0.2) is 33.9 Å². The van der Waals surface area contributed by atoms with Gasteiger partial charge in [0.1, 0.15) is 5.69 Å². The Morgan fingerprint density at radius 3 is 2.74 bits per heavy atom. The Bertz CT molecular complexity index is 767. The molecule has 3 aromatic rings. The summed E-state index contributed by atoms with van der Waals surface area (Å²) in [6.07, 6.45) is 2.28. The lowest BCUT2D eigenvalue weighted by Crippen LogP contribution is -2.25. The fraction of sp³-hybridized carbons (Fsp3) is 0.176. The number of nitrogens with zero attached hydrogens (tertiary/aromatic N) is 2. The lowest BCUT2D eigenvalue weighted by Gasteiger charge is -2.03. The zero-order chi connectivity index (χ0) is 16.1. The molecule has 0 radical (unpaired) electrons. The topological polar surface area (TPSA) is 67.2 Å². The quantitative estimate of drug-likeness (QED) is 0.684. The van der Waals surface area contributed by atoms with Crippen LogP contribution >= 0.6 is 11.3 Å². The summed E-state index contributed by atoms with van der Waals surface area (Å²) in [6, 6.07) is 13.6. The van der Waals surface area contributed by atoms with E-state index in [1.165, 1.54) is 0 Å². The minimum Gasteiger partial charge on any atom is -0.396 e. The second-order valence-electron chi connectivity index (χ2n) is 4.98. The first-order chi connectivity index (χ1) is 11.3. The highest BCUT2D eigenvalue weighted by molar-refractivity contribution is 7.13. The van der Waals surface area contributed by atoms with Gasteiger partial charge in [-0.05, 0) is 30.0 Å². The Kier molecular flexibility index (Phi) is 4.85. The van der Waals surface area contributed by atoms with Crippen molar-refractivity contribution in [2.45, 2.75) is 6.42 Å². The maximum atomic E-state index is 12.4. The van der Waals surface area contributed by atoms with E-state index in [-0.39, 0.29) is 12.5 Å². The van der Waals surface area contributed by atoms with Crippen LogP contribution in [0.4, 0.5) is 0 Å². The van der Waals surface area contributed by atoms with Crippen LogP contribution < -0.4 is 5.32 Å². The summed E-state index contributed by atoms with van der Waals surface area (Å²) in [4.78, 5) is 13.4. The monoisotopic (exact) mass is 327 g/mol. The summed E-state index contributed by atoms with van der Waals surface area (Å²) in [5.74, 6) is -0.177. The van der Waals surface area contributed by atoms with Crippen molar-refractivity contribution in [1.29, 1.82) is 0 Å². The summed E-state index contributed by atoms with van der Waals surface area (Å²) < 4.78 is 1.72. The number of carbonyl (C=O) groups excluding carboxylic acids is 1. The molecule has 0 saturated heterocycles. The normalized spacial score (nSPS) is 10.7. The molecule has 0 saturated carbocycles. The van der Waals surface area contributed by atoms with E-state index in [2.05, 4.69) is 10.4 Å². The van der Waals surface area contributed by atoms with Crippen molar-refractivity contribution in [2.24, 2.45) is 0 Å². The largest absolute Gasteiger partial charge is 0.396 e. The number of aliphatic hydroxyl groups excluding tert-OH is 1. The molecular formula is C17H17N3O2S. The fourth-order valence-electron chi connectivity index (χ4n) is 2.22. The fourth-order valence-corrected chi connectivity index (χ4v) is 2.95. The standard InChI is InChI=1S/C17H17N3O2S/c21-10-5-9-18-17(22)14-12-20(13-6-2-1-3-7-13)19-16(14)15-8-4-11-23-15/h1-4,6-8,11-12,21H,5,9-10H2,(H,18,22). The van der Waals surface area contributed by atoms with E-state index in [0.717, 1.165) is 10.6 Å². The smallest absolute Gasteiger partial charge is 0.255 e. The Morgan fingerprint density at radius 1 is 1.22 bits per heavy atom. The van der Waals surface area contributed by atoms with Crippen LogP contribution in [0.3, 0.4) is 0 Å². The van der Waals surface area contributed by atoms with Crippen molar-refractivity contribution in [3.05, 3.63) is 59.6 Å². The van der Waals surface area contributed by atoms with Gasteiger partial charge < -0.3 is 10.4 Å². The lowest BCUT2D eigenvalue weighted by atomic mass is 10.2. The van der Waals surface area contributed by atoms with Gasteiger partial charge in [0, 0.05) is 19.3 Å². The molecule has 2 N–H and O–H groups in total. The van der Waals surface area contributed by atoms with Crippen LogP contribution in [0, 0.1) is 0 Å². The first-order valence-electron chi connectivity index (χ1n) is 7.37. The van der Waals surface area contributed by atoms with Gasteiger partial charge in [-0.3, -0.25) is 4.79 Å². The molecular weight excluding hydrogens is 310 g/mol. The van der Waals surface area contributed by atoms with Crippen LogP contribution in [0.1, 0.15) is 16.8 Å². The molecule has 0 spiro atoms. The van der Waals surface area contributed by atoms with E-state index in [9.17, 15) is 4.79 Å². The molecule has 0 aliphatic heterocycles. The van der Waals surface area contributed by atoms with Gasteiger partial charge in [0.25, 0.3) is 5.91 Å². The molecule has 118 valence electrons. The number of aliphatic hydroxyl groups is 1. The molecule has 0 unspecified atom stereocenters. The number of nitrogens with one attached hydrogen (secondary N) is 1. The van der Waals surface area contributed by atoms with Crippen molar-refractivity contribution < 1.29 is 9.90 Å². The molecule has 1 aromatic carbocycles. The van der Waals surface area contributed by atoms with Crippen molar-refractivity contribution in [3.8, 4) is 16.3 Å². The molecule has 2 aromatic heterocycles. The van der Waals surface area contributed by atoms with Crippen LogP contribution in [0.2, 0.25) is 0 Å². The van der Waals surface area contributed by atoms with Crippen LogP contribution in [0.25, 0.3) is 16.3 Å². The van der Waals surface area contributed by atoms with Crippen molar-refractivity contribution in [2.75, 3.05) is 13.2 Å². The Morgan fingerprint density at radius 2 is 2.04 bits per heavy atom. The molecule has 0 aliphatic rings. The maximum absolute atomic E-state index is 12.4. The minimum absolute atomic E-state index is 0.0569. The van der Waals surface area contributed by atoms with E-state index in [1.807, 2.05) is 47.8 Å². The van der Waals surface area contributed by atoms with Gasteiger partial charge in [0.15, 0.2) is 0 Å². The minimum atomic E-state index is -0.177. The molecule has 5 nitrogen and oxygen atoms in total. The first-order valence-corrected chi connectivity index (χ1v) is 8.25. The molecule has 23 heavy (non-hydrogen) atoms. The number of hydrogen-bond acceptors (Lipinski definition) is 4. The molecule has 0 fully saturated rings. The summed E-state index contributed by atoms with van der Waals surface area (Å²) >= 11 is 1.55. The van der Waals surface area contributed by atoms with Crippen LogP contribution in [-0.2, 0) is 0 Å². The number of aromatic nitrogens is 2. The second kappa shape index (κ2) is 7.21. The number of amides is 1. The maximum Gasteiger partial charge on any atom is 0.255 e. The van der Waals surface area contributed by atoms with Crippen LogP contribution in [0.5, 0.6) is 0 Å². The average Bonchev–Trinajstić information content (AvgIpc) is 3.25. The SMILES string of the molecule is O=C(NCCCO)c1cn(-c2ccccc2)nc1-c1cccs1. The second-order valence-corrected chi connectivity index (χ2v) is 5.93. The highest BCUT2D eigenvalue weighted by Crippen LogP contribution is 2.27. The number of thiophene rings is 1. The van der Waals surface area contributed by atoms with Gasteiger partial charge in [-0.2, -0.15) is 5.10 Å². The lowest BCUT2D eigenvalue weighted by molar-refractivity contribution is 0.0952. The van der Waals surface area contributed by atoms with Gasteiger partial charge in [0.05, 0.1) is 16.1 Å². The number of hydrogen-bond donors (Lipinski definition) is 2. The van der Waals surface area contributed by atoms with Gasteiger partial charge in [-0.1, -0.05) is 24.3 Å². The summed E-state index contributed by atoms with van der Waals surface area (Å²) in [5, 5.41) is 18.2. The zero-order valence-corrected chi connectivity index (χ0v) is 13.3. The Balaban J connectivity index is 1.96. The van der Waals surface area contributed by atoms with E-state index < -0.39 is 0 Å². The summed E-state index contributed by atoms with van der Waals surface area (Å²) in [6.45, 7) is 0.497. The number of rotatable bonds is 6. The van der Waals surface area contributed by atoms with Gasteiger partial charge in [-0.25, -0.2) is 4.68 Å². The molecule has 6 heteroatoms. The van der Waals surface area contributed by atoms with E-state index >= 15 is 0 Å². The Labute approximate surface area is 138 Å². The molecule has 0 aliphatic carbocycles. The van der Waals surface area contributed by atoms with Crippen molar-refractivity contribution >= 4 is 17.2 Å². The number of carbonyl (C=O) groups is 1. The molecule has 2 heterocycles. The van der Waals surface area contributed by atoms with Gasteiger partial charge in [-0.15, -0.1) is 11.3 Å². The van der Waals surface area contributed by atoms with E-state index in [0.29, 0.717) is 24.2 Å². The third-order valence-electron chi connectivity index (χ3n) is 3.35. The van der Waals surface area contributed by atoms with E-state index in [4.69, 9.17) is 5.11 Å². The highest BCUT2D eigenvalue weighted by Gasteiger charge is 2.18. The Hall–Kier alpha value is -2.44.